The number of nitrogens with zero attached hydrogens (tertiary/aromatic N) is 4. The van der Waals surface area contributed by atoms with Crippen molar-refractivity contribution < 1.29 is 18.0 Å². The molecule has 1 amide bonds. The van der Waals surface area contributed by atoms with Crippen LogP contribution >= 0.6 is 0 Å². The van der Waals surface area contributed by atoms with E-state index in [-0.39, 0.29) is 17.4 Å². The second-order valence-electron chi connectivity index (χ2n) is 5.92. The van der Waals surface area contributed by atoms with Crippen molar-refractivity contribution in [2.45, 2.75) is 6.18 Å². The van der Waals surface area contributed by atoms with Gasteiger partial charge in [-0.1, -0.05) is 6.07 Å². The van der Waals surface area contributed by atoms with E-state index in [4.69, 9.17) is 5.84 Å². The summed E-state index contributed by atoms with van der Waals surface area (Å²) in [6.45, 7) is 0. The number of alkyl halides is 3. The van der Waals surface area contributed by atoms with Gasteiger partial charge in [-0.15, -0.1) is 5.11 Å². The molecule has 0 bridgehead atoms. The first-order valence-corrected chi connectivity index (χ1v) is 8.05. The van der Waals surface area contributed by atoms with Crippen LogP contribution in [-0.4, -0.2) is 37.8 Å². The molecule has 0 radical (unpaired) electrons. The number of halogens is 3. The van der Waals surface area contributed by atoms with Crippen LogP contribution in [0.1, 0.15) is 21.5 Å². The van der Waals surface area contributed by atoms with E-state index in [1.165, 1.54) is 30.1 Å². The molecule has 10 heteroatoms. The quantitative estimate of drug-likeness (QED) is 0.272. The Balaban J connectivity index is 2.53. The third kappa shape index (κ3) is 4.84. The van der Waals surface area contributed by atoms with Crippen molar-refractivity contribution in [1.29, 1.82) is 0 Å². The number of benzene rings is 2. The highest BCUT2D eigenvalue weighted by Crippen LogP contribution is 2.32. The Bertz CT molecular complexity index is 922. The molecule has 0 unspecified atom stereocenters. The molecule has 2 aromatic rings. The number of hydrazone groups is 1. The number of amides is 1. The molecule has 148 valence electrons. The van der Waals surface area contributed by atoms with Crippen LogP contribution < -0.4 is 11.2 Å². The summed E-state index contributed by atoms with van der Waals surface area (Å²) < 4.78 is 38.9. The van der Waals surface area contributed by atoms with Crippen LogP contribution in [-0.2, 0) is 6.18 Å². The molecule has 2 aromatic carbocycles. The van der Waals surface area contributed by atoms with Crippen LogP contribution in [0, 0.1) is 0 Å². The minimum atomic E-state index is -4.47. The number of nitrogens with two attached hydrogens (primary N) is 1. The summed E-state index contributed by atoms with van der Waals surface area (Å²) in [4.78, 5) is 13.6. The second kappa shape index (κ2) is 8.51. The van der Waals surface area contributed by atoms with Gasteiger partial charge < -0.3 is 16.1 Å². The van der Waals surface area contributed by atoms with Gasteiger partial charge in [0.05, 0.1) is 5.56 Å². The molecule has 7 nitrogen and oxygen atoms in total. The maximum atomic E-state index is 13.0. The standard InChI is InChI=1S/C18H19F3N6O/c1-23-26-16(25-22)14-9-11(17(28)27(2)3)7-8-15(14)24-13-6-4-5-12(10-13)18(19,20)21/h4-10,24H,22H2,1-3H3. The van der Waals surface area contributed by atoms with Crippen LogP contribution in [0.15, 0.2) is 57.8 Å². The number of rotatable bonds is 4. The molecular formula is C18H19F3N6O. The summed E-state index contributed by atoms with van der Waals surface area (Å²) in [6, 6.07) is 9.31. The van der Waals surface area contributed by atoms with Gasteiger partial charge in [0.25, 0.3) is 5.91 Å². The predicted molar refractivity (Wildman–Crippen MR) is 101 cm³/mol. The lowest BCUT2D eigenvalue weighted by Gasteiger charge is -2.16. The van der Waals surface area contributed by atoms with Gasteiger partial charge >= 0.3 is 6.18 Å². The topological polar surface area (TPSA) is 95.4 Å². The zero-order valence-electron chi connectivity index (χ0n) is 15.4. The third-order valence-corrected chi connectivity index (χ3v) is 3.70. The highest BCUT2D eigenvalue weighted by atomic mass is 19.4. The normalized spacial score (nSPS) is 12.3. The number of anilines is 2. The molecular weight excluding hydrogens is 373 g/mol. The number of carbonyl (C=O) groups excluding carboxylic acids is 1. The molecule has 0 atom stereocenters. The summed E-state index contributed by atoms with van der Waals surface area (Å²) >= 11 is 0. The molecule has 28 heavy (non-hydrogen) atoms. The molecule has 0 heterocycles. The smallest absolute Gasteiger partial charge is 0.355 e. The molecule has 0 aromatic heterocycles. The maximum absolute atomic E-state index is 13.0. The summed E-state index contributed by atoms with van der Waals surface area (Å²) in [6.07, 6.45) is -4.47. The van der Waals surface area contributed by atoms with Crippen LogP contribution in [0.2, 0.25) is 0 Å². The number of amidine groups is 1. The van der Waals surface area contributed by atoms with Crippen molar-refractivity contribution >= 4 is 23.1 Å². The lowest BCUT2D eigenvalue weighted by molar-refractivity contribution is -0.137. The molecule has 0 saturated heterocycles. The van der Waals surface area contributed by atoms with Crippen molar-refractivity contribution in [2.24, 2.45) is 21.2 Å². The molecule has 0 spiro atoms. The van der Waals surface area contributed by atoms with Gasteiger partial charge in [-0.25, -0.2) is 0 Å². The zero-order chi connectivity index (χ0) is 20.9. The highest BCUT2D eigenvalue weighted by molar-refractivity contribution is 6.06. The first kappa shape index (κ1) is 20.9. The van der Waals surface area contributed by atoms with E-state index >= 15 is 0 Å². The Hall–Kier alpha value is -3.43. The monoisotopic (exact) mass is 392 g/mol. The molecule has 0 aliphatic rings. The van der Waals surface area contributed by atoms with Gasteiger partial charge in [0.15, 0.2) is 0 Å². The molecule has 0 fully saturated rings. The van der Waals surface area contributed by atoms with Crippen molar-refractivity contribution in [1.82, 2.24) is 4.90 Å². The molecule has 0 aliphatic heterocycles. The Morgan fingerprint density at radius 1 is 1.14 bits per heavy atom. The van der Waals surface area contributed by atoms with Gasteiger partial charge in [-0.05, 0) is 36.4 Å². The Kier molecular flexibility index (Phi) is 6.34. The van der Waals surface area contributed by atoms with Gasteiger partial charge in [0.1, 0.15) is 0 Å². The van der Waals surface area contributed by atoms with E-state index < -0.39 is 11.7 Å². The summed E-state index contributed by atoms with van der Waals surface area (Å²) in [5, 5.41) is 13.9. The Morgan fingerprint density at radius 3 is 2.43 bits per heavy atom. The van der Waals surface area contributed by atoms with Crippen LogP contribution in [0.4, 0.5) is 24.5 Å². The Labute approximate surface area is 159 Å². The second-order valence-corrected chi connectivity index (χ2v) is 5.92. The molecule has 0 aliphatic carbocycles. The van der Waals surface area contributed by atoms with Crippen LogP contribution in [0.25, 0.3) is 0 Å². The first-order valence-electron chi connectivity index (χ1n) is 8.05. The van der Waals surface area contributed by atoms with Gasteiger partial charge in [0, 0.05) is 43.6 Å². The van der Waals surface area contributed by atoms with Gasteiger partial charge in [-0.3, -0.25) is 4.79 Å². The van der Waals surface area contributed by atoms with E-state index in [0.29, 0.717) is 16.8 Å². The highest BCUT2D eigenvalue weighted by Gasteiger charge is 2.30. The number of nitrogens with one attached hydrogen (secondary N) is 1. The van der Waals surface area contributed by atoms with Crippen molar-refractivity contribution in [3.8, 4) is 0 Å². The molecule has 2 rings (SSSR count). The maximum Gasteiger partial charge on any atom is 0.416 e. The van der Waals surface area contributed by atoms with Gasteiger partial charge in [-0.2, -0.15) is 23.4 Å². The minimum Gasteiger partial charge on any atom is -0.355 e. The van der Waals surface area contributed by atoms with Crippen molar-refractivity contribution in [2.75, 3.05) is 26.5 Å². The van der Waals surface area contributed by atoms with E-state index in [1.54, 1.807) is 26.2 Å². The van der Waals surface area contributed by atoms with E-state index in [9.17, 15) is 18.0 Å². The lowest BCUT2D eigenvalue weighted by atomic mass is 10.1. The number of hydrogen-bond acceptors (Lipinski definition) is 5. The van der Waals surface area contributed by atoms with Gasteiger partial charge in [0.2, 0.25) is 5.84 Å². The largest absolute Gasteiger partial charge is 0.416 e. The number of carbonyl (C=O) groups is 1. The summed E-state index contributed by atoms with van der Waals surface area (Å²) in [5.41, 5.74) is 0.429. The lowest BCUT2D eigenvalue weighted by Crippen LogP contribution is -2.22. The fourth-order valence-electron chi connectivity index (χ4n) is 2.40. The van der Waals surface area contributed by atoms with Crippen molar-refractivity contribution in [3.63, 3.8) is 0 Å². The summed E-state index contributed by atoms with van der Waals surface area (Å²) in [5.74, 6) is 5.13. The first-order chi connectivity index (χ1) is 13.2. The fraction of sp³-hybridized carbons (Fsp3) is 0.222. The average molecular weight is 392 g/mol. The Morgan fingerprint density at radius 2 is 1.86 bits per heavy atom. The summed E-state index contributed by atoms with van der Waals surface area (Å²) in [7, 11) is 4.61. The minimum absolute atomic E-state index is 0.0189. The van der Waals surface area contributed by atoms with Crippen LogP contribution in [0.5, 0.6) is 0 Å². The number of azo groups is 1. The molecule has 3 N–H and O–H groups in total. The number of hydrogen-bond donors (Lipinski definition) is 2. The van der Waals surface area contributed by atoms with E-state index in [1.807, 2.05) is 0 Å². The third-order valence-electron chi connectivity index (χ3n) is 3.70. The average Bonchev–Trinajstić information content (AvgIpc) is 2.65. The SMILES string of the molecule is CN=NC(=NN)c1cc(C(=O)N(C)C)ccc1Nc1cccc(C(F)(F)F)c1. The fourth-order valence-corrected chi connectivity index (χ4v) is 2.40. The van der Waals surface area contributed by atoms with Crippen molar-refractivity contribution in [3.05, 3.63) is 59.2 Å². The van der Waals surface area contributed by atoms with Crippen LogP contribution in [0.3, 0.4) is 0 Å². The predicted octanol–water partition coefficient (Wildman–Crippen LogP) is 3.85. The van der Waals surface area contributed by atoms with E-state index in [0.717, 1.165) is 12.1 Å². The molecule has 0 saturated carbocycles. The van der Waals surface area contributed by atoms with E-state index in [2.05, 4.69) is 20.6 Å². The zero-order valence-corrected chi connectivity index (χ0v) is 15.4.